The summed E-state index contributed by atoms with van der Waals surface area (Å²) in [6.45, 7) is 4.42. The number of hydrogen-bond donors (Lipinski definition) is 1. The van der Waals surface area contributed by atoms with Crippen LogP contribution in [0.15, 0.2) is 64.6 Å². The Labute approximate surface area is 198 Å². The van der Waals surface area contributed by atoms with Crippen molar-refractivity contribution >= 4 is 33.4 Å². The van der Waals surface area contributed by atoms with Gasteiger partial charge in [-0.15, -0.1) is 10.2 Å². The van der Waals surface area contributed by atoms with Crippen LogP contribution in [0.5, 0.6) is 0 Å². The molecule has 1 N–H and O–H groups in total. The molecule has 0 aliphatic heterocycles. The number of hydrogen-bond acceptors (Lipinski definition) is 6. The van der Waals surface area contributed by atoms with Gasteiger partial charge in [0.1, 0.15) is 5.82 Å². The van der Waals surface area contributed by atoms with Crippen molar-refractivity contribution in [1.82, 2.24) is 19.1 Å². The highest BCUT2D eigenvalue weighted by molar-refractivity contribution is 7.99. The van der Waals surface area contributed by atoms with Gasteiger partial charge in [0.15, 0.2) is 5.16 Å². The molecule has 1 aliphatic rings. The number of carbonyl (C=O) groups excluding carboxylic acids is 1. The lowest BCUT2D eigenvalue weighted by Crippen LogP contribution is -2.30. The van der Waals surface area contributed by atoms with Gasteiger partial charge in [-0.1, -0.05) is 43.8 Å². The van der Waals surface area contributed by atoms with Crippen LogP contribution in [0.25, 0.3) is 5.69 Å². The summed E-state index contributed by atoms with van der Waals surface area (Å²) in [7, 11) is -3.52. The van der Waals surface area contributed by atoms with E-state index < -0.39 is 10.0 Å². The highest BCUT2D eigenvalue weighted by Gasteiger charge is 2.31. The van der Waals surface area contributed by atoms with Crippen LogP contribution in [0.2, 0.25) is 0 Å². The normalized spacial score (nSPS) is 13.9. The number of anilines is 1. The smallest absolute Gasteiger partial charge is 0.243 e. The lowest BCUT2D eigenvalue weighted by Gasteiger charge is -2.18. The highest BCUT2D eigenvalue weighted by Crippen LogP contribution is 2.41. The van der Waals surface area contributed by atoms with Crippen molar-refractivity contribution in [2.24, 2.45) is 0 Å². The molecular weight excluding hydrogens is 458 g/mol. The molecule has 1 saturated carbocycles. The van der Waals surface area contributed by atoms with E-state index >= 15 is 0 Å². The lowest BCUT2D eigenvalue weighted by molar-refractivity contribution is -0.113. The Kier molecular flexibility index (Phi) is 7.16. The van der Waals surface area contributed by atoms with Gasteiger partial charge in [-0.05, 0) is 49.2 Å². The third-order valence-corrected chi connectivity index (χ3v) is 8.42. The van der Waals surface area contributed by atoms with E-state index in [2.05, 4.69) is 15.5 Å². The SMILES string of the molecule is CCN(CC)S(=O)(=O)c1ccc(NC(=O)CSc2nnc(C3CC3)n2-c2ccccc2)cc1. The second kappa shape index (κ2) is 10.1. The van der Waals surface area contributed by atoms with Gasteiger partial charge in [0.25, 0.3) is 0 Å². The molecule has 1 amide bonds. The molecule has 8 nitrogen and oxygen atoms in total. The zero-order valence-electron chi connectivity index (χ0n) is 18.6. The summed E-state index contributed by atoms with van der Waals surface area (Å²) in [6, 6.07) is 16.2. The van der Waals surface area contributed by atoms with Gasteiger partial charge in [0, 0.05) is 30.4 Å². The Hall–Kier alpha value is -2.69. The van der Waals surface area contributed by atoms with E-state index in [0.717, 1.165) is 24.4 Å². The van der Waals surface area contributed by atoms with Gasteiger partial charge in [-0.2, -0.15) is 4.31 Å². The van der Waals surface area contributed by atoms with Gasteiger partial charge >= 0.3 is 0 Å². The lowest BCUT2D eigenvalue weighted by atomic mass is 10.3. The van der Waals surface area contributed by atoms with Crippen molar-refractivity contribution in [2.45, 2.75) is 42.7 Å². The number of benzene rings is 2. The van der Waals surface area contributed by atoms with Gasteiger partial charge < -0.3 is 5.32 Å². The molecule has 174 valence electrons. The Morgan fingerprint density at radius 3 is 2.33 bits per heavy atom. The maximum Gasteiger partial charge on any atom is 0.243 e. The molecule has 1 fully saturated rings. The number of rotatable bonds is 10. The van der Waals surface area contributed by atoms with Crippen molar-refractivity contribution in [1.29, 1.82) is 0 Å². The molecule has 1 heterocycles. The molecule has 0 atom stereocenters. The zero-order valence-corrected chi connectivity index (χ0v) is 20.3. The second-order valence-electron chi connectivity index (χ2n) is 7.74. The Balaban J connectivity index is 1.42. The molecule has 0 saturated heterocycles. The topological polar surface area (TPSA) is 97.2 Å². The van der Waals surface area contributed by atoms with Crippen LogP contribution >= 0.6 is 11.8 Å². The summed E-state index contributed by atoms with van der Waals surface area (Å²) < 4.78 is 28.7. The summed E-state index contributed by atoms with van der Waals surface area (Å²) in [5, 5.41) is 12.2. The molecule has 33 heavy (non-hydrogen) atoms. The number of aromatic nitrogens is 3. The van der Waals surface area contributed by atoms with E-state index in [1.54, 1.807) is 26.0 Å². The number of amides is 1. The maximum absolute atomic E-state index is 12.6. The third-order valence-electron chi connectivity index (χ3n) is 5.43. The fraction of sp³-hybridized carbons (Fsp3) is 0.348. The predicted molar refractivity (Wildman–Crippen MR) is 129 cm³/mol. The van der Waals surface area contributed by atoms with Crippen molar-refractivity contribution < 1.29 is 13.2 Å². The summed E-state index contributed by atoms with van der Waals surface area (Å²) in [4.78, 5) is 12.8. The fourth-order valence-corrected chi connectivity index (χ4v) is 5.77. The first kappa shape index (κ1) is 23.5. The van der Waals surface area contributed by atoms with E-state index in [-0.39, 0.29) is 16.6 Å². The molecule has 2 aromatic carbocycles. The molecule has 1 aromatic heterocycles. The number of nitrogens with zero attached hydrogens (tertiary/aromatic N) is 4. The van der Waals surface area contributed by atoms with Gasteiger partial charge in [0.2, 0.25) is 15.9 Å². The molecule has 3 aromatic rings. The molecule has 0 spiro atoms. The number of thioether (sulfide) groups is 1. The number of para-hydroxylation sites is 1. The Morgan fingerprint density at radius 1 is 1.06 bits per heavy atom. The van der Waals surface area contributed by atoms with Crippen LogP contribution in [0.1, 0.15) is 38.4 Å². The minimum absolute atomic E-state index is 0.162. The second-order valence-corrected chi connectivity index (χ2v) is 10.6. The standard InChI is InChI=1S/C23H27N5O3S2/c1-3-27(4-2)33(30,31)20-14-12-18(13-15-20)24-21(29)16-32-23-26-25-22(17-10-11-17)28(23)19-8-6-5-7-9-19/h5-9,12-15,17H,3-4,10-11,16H2,1-2H3,(H,24,29). The largest absolute Gasteiger partial charge is 0.325 e. The number of carbonyl (C=O) groups is 1. The van der Waals surface area contributed by atoms with Crippen LogP contribution in [0.4, 0.5) is 5.69 Å². The minimum atomic E-state index is -3.52. The average molecular weight is 486 g/mol. The van der Waals surface area contributed by atoms with E-state index in [9.17, 15) is 13.2 Å². The van der Waals surface area contributed by atoms with Crippen molar-refractivity contribution in [3.63, 3.8) is 0 Å². The summed E-state index contributed by atoms with van der Waals surface area (Å²) in [5.41, 5.74) is 1.53. The van der Waals surface area contributed by atoms with E-state index in [1.807, 2.05) is 34.9 Å². The van der Waals surface area contributed by atoms with E-state index in [0.29, 0.717) is 29.9 Å². The zero-order chi connectivity index (χ0) is 23.4. The van der Waals surface area contributed by atoms with Gasteiger partial charge in [-0.25, -0.2) is 8.42 Å². The predicted octanol–water partition coefficient (Wildman–Crippen LogP) is 3.91. The van der Waals surface area contributed by atoms with E-state index in [1.165, 1.54) is 28.2 Å². The highest BCUT2D eigenvalue weighted by atomic mass is 32.2. The molecule has 0 unspecified atom stereocenters. The first-order chi connectivity index (χ1) is 15.9. The molecular formula is C23H27N5O3S2. The Morgan fingerprint density at radius 2 is 1.73 bits per heavy atom. The quantitative estimate of drug-likeness (QED) is 0.438. The minimum Gasteiger partial charge on any atom is -0.325 e. The molecule has 0 bridgehead atoms. The average Bonchev–Trinajstić information content (AvgIpc) is 3.58. The first-order valence-electron chi connectivity index (χ1n) is 11.0. The first-order valence-corrected chi connectivity index (χ1v) is 13.4. The molecule has 10 heteroatoms. The van der Waals surface area contributed by atoms with Crippen molar-refractivity contribution in [3.8, 4) is 5.69 Å². The van der Waals surface area contributed by atoms with Crippen LogP contribution in [-0.4, -0.2) is 52.2 Å². The fourth-order valence-electron chi connectivity index (χ4n) is 3.55. The van der Waals surface area contributed by atoms with Gasteiger partial charge in [0.05, 0.1) is 10.6 Å². The van der Waals surface area contributed by atoms with Crippen LogP contribution in [0, 0.1) is 0 Å². The van der Waals surface area contributed by atoms with Crippen LogP contribution < -0.4 is 5.32 Å². The van der Waals surface area contributed by atoms with Crippen molar-refractivity contribution in [2.75, 3.05) is 24.2 Å². The third kappa shape index (κ3) is 5.29. The monoisotopic (exact) mass is 485 g/mol. The van der Waals surface area contributed by atoms with E-state index in [4.69, 9.17) is 0 Å². The molecule has 1 aliphatic carbocycles. The Bertz CT molecular complexity index is 1200. The maximum atomic E-state index is 12.6. The van der Waals surface area contributed by atoms with Crippen LogP contribution in [-0.2, 0) is 14.8 Å². The van der Waals surface area contributed by atoms with Crippen molar-refractivity contribution in [3.05, 3.63) is 60.4 Å². The summed E-state index contributed by atoms with van der Waals surface area (Å²) >= 11 is 1.33. The number of sulfonamides is 1. The van der Waals surface area contributed by atoms with Crippen LogP contribution in [0.3, 0.4) is 0 Å². The summed E-state index contributed by atoms with van der Waals surface area (Å²) in [5.74, 6) is 1.32. The number of nitrogens with one attached hydrogen (secondary N) is 1. The molecule has 0 radical (unpaired) electrons. The molecule has 4 rings (SSSR count). The summed E-state index contributed by atoms with van der Waals surface area (Å²) in [6.07, 6.45) is 2.21. The van der Waals surface area contributed by atoms with Gasteiger partial charge in [-0.3, -0.25) is 9.36 Å².